The van der Waals surface area contributed by atoms with Crippen LogP contribution in [-0.4, -0.2) is 12.1 Å². The van der Waals surface area contributed by atoms with E-state index in [9.17, 15) is 13.2 Å². The van der Waals surface area contributed by atoms with Gasteiger partial charge < -0.3 is 11.1 Å². The first kappa shape index (κ1) is 14.8. The van der Waals surface area contributed by atoms with Gasteiger partial charge in [0.1, 0.15) is 0 Å². The Morgan fingerprint density at radius 1 is 1.17 bits per heavy atom. The van der Waals surface area contributed by atoms with E-state index in [0.717, 1.165) is 18.9 Å². The predicted molar refractivity (Wildman–Crippen MR) is 67.4 cm³/mol. The Balaban J connectivity index is 2.58. The van der Waals surface area contributed by atoms with Gasteiger partial charge in [-0.15, -0.1) is 0 Å². The van der Waals surface area contributed by atoms with Crippen molar-refractivity contribution in [1.82, 2.24) is 0 Å². The summed E-state index contributed by atoms with van der Waals surface area (Å²) in [5.74, 6) is 0. The van der Waals surface area contributed by atoms with Gasteiger partial charge in [-0.1, -0.05) is 12.1 Å². The second-order valence-electron chi connectivity index (χ2n) is 5.06. The molecule has 5 heteroatoms. The average molecular weight is 260 g/mol. The zero-order chi connectivity index (χ0) is 13.8. The molecule has 1 aromatic rings. The molecule has 1 rings (SSSR count). The number of para-hydroxylation sites is 1. The number of nitrogens with two attached hydrogens (primary N) is 1. The van der Waals surface area contributed by atoms with Crippen LogP contribution < -0.4 is 11.1 Å². The van der Waals surface area contributed by atoms with Gasteiger partial charge >= 0.3 is 6.18 Å². The van der Waals surface area contributed by atoms with Crippen molar-refractivity contribution in [2.24, 2.45) is 5.73 Å². The van der Waals surface area contributed by atoms with Crippen molar-refractivity contribution in [3.8, 4) is 0 Å². The summed E-state index contributed by atoms with van der Waals surface area (Å²) in [6, 6.07) is 5.49. The highest BCUT2D eigenvalue weighted by Gasteiger charge is 2.32. The summed E-state index contributed by atoms with van der Waals surface area (Å²) in [5.41, 5.74) is 5.02. The lowest BCUT2D eigenvalue weighted by molar-refractivity contribution is -0.136. The summed E-state index contributed by atoms with van der Waals surface area (Å²) in [6.45, 7) is 4.28. The van der Waals surface area contributed by atoms with E-state index < -0.39 is 11.7 Å². The lowest BCUT2D eigenvalue weighted by Gasteiger charge is -2.19. The Morgan fingerprint density at radius 2 is 1.78 bits per heavy atom. The molecule has 0 aliphatic heterocycles. The van der Waals surface area contributed by atoms with Crippen molar-refractivity contribution in [2.75, 3.05) is 11.9 Å². The van der Waals surface area contributed by atoms with E-state index in [2.05, 4.69) is 5.32 Å². The highest BCUT2D eigenvalue weighted by molar-refractivity contribution is 5.52. The van der Waals surface area contributed by atoms with E-state index in [1.807, 2.05) is 13.8 Å². The number of benzene rings is 1. The third-order valence-electron chi connectivity index (χ3n) is 2.55. The standard InChI is InChI=1S/C13H19F3N2/c1-12(2,17)8-5-9-18-11-7-4-3-6-10(11)13(14,15)16/h3-4,6-7,18H,5,8-9,17H2,1-2H3. The molecule has 0 heterocycles. The summed E-state index contributed by atoms with van der Waals surface area (Å²) in [6.07, 6.45) is -2.83. The smallest absolute Gasteiger partial charge is 0.385 e. The van der Waals surface area contributed by atoms with Gasteiger partial charge in [0, 0.05) is 17.8 Å². The second kappa shape index (κ2) is 5.61. The topological polar surface area (TPSA) is 38.0 Å². The molecule has 0 atom stereocenters. The maximum Gasteiger partial charge on any atom is 0.418 e. The van der Waals surface area contributed by atoms with Crippen molar-refractivity contribution in [3.05, 3.63) is 29.8 Å². The molecule has 0 bridgehead atoms. The molecule has 0 aliphatic rings. The molecule has 18 heavy (non-hydrogen) atoms. The maximum absolute atomic E-state index is 12.7. The Labute approximate surface area is 105 Å². The zero-order valence-corrected chi connectivity index (χ0v) is 10.6. The third kappa shape index (κ3) is 4.96. The molecule has 3 N–H and O–H groups in total. The molecular weight excluding hydrogens is 241 g/mol. The van der Waals surface area contributed by atoms with Crippen molar-refractivity contribution in [1.29, 1.82) is 0 Å². The number of halogens is 3. The van der Waals surface area contributed by atoms with E-state index in [-0.39, 0.29) is 11.2 Å². The van der Waals surface area contributed by atoms with E-state index in [1.54, 1.807) is 6.07 Å². The summed E-state index contributed by atoms with van der Waals surface area (Å²) < 4.78 is 38.1. The normalized spacial score (nSPS) is 12.6. The Hall–Kier alpha value is -1.23. The zero-order valence-electron chi connectivity index (χ0n) is 10.6. The molecule has 0 spiro atoms. The van der Waals surface area contributed by atoms with Gasteiger partial charge in [0.25, 0.3) is 0 Å². The van der Waals surface area contributed by atoms with E-state index in [0.29, 0.717) is 6.54 Å². The number of nitrogens with one attached hydrogen (secondary N) is 1. The van der Waals surface area contributed by atoms with Crippen molar-refractivity contribution < 1.29 is 13.2 Å². The number of anilines is 1. The maximum atomic E-state index is 12.7. The van der Waals surface area contributed by atoms with Crippen LogP contribution >= 0.6 is 0 Å². The minimum Gasteiger partial charge on any atom is -0.385 e. The first-order valence-electron chi connectivity index (χ1n) is 5.89. The molecule has 0 unspecified atom stereocenters. The molecule has 1 aromatic carbocycles. The van der Waals surface area contributed by atoms with Crippen LogP contribution in [0.1, 0.15) is 32.3 Å². The lowest BCUT2D eigenvalue weighted by Crippen LogP contribution is -2.32. The Bertz CT molecular complexity index is 381. The average Bonchev–Trinajstić information content (AvgIpc) is 2.22. The second-order valence-corrected chi connectivity index (χ2v) is 5.06. The molecular formula is C13H19F3N2. The van der Waals surface area contributed by atoms with Crippen LogP contribution in [0.5, 0.6) is 0 Å². The van der Waals surface area contributed by atoms with Gasteiger partial charge in [-0.25, -0.2) is 0 Å². The summed E-state index contributed by atoms with van der Waals surface area (Å²) in [7, 11) is 0. The SMILES string of the molecule is CC(C)(N)CCCNc1ccccc1C(F)(F)F. The third-order valence-corrected chi connectivity index (χ3v) is 2.55. The minimum atomic E-state index is -4.32. The number of hydrogen-bond acceptors (Lipinski definition) is 2. The predicted octanol–water partition coefficient (Wildman–Crippen LogP) is 3.63. The molecule has 0 aromatic heterocycles. The molecule has 0 saturated carbocycles. The van der Waals surface area contributed by atoms with Crippen molar-refractivity contribution in [3.63, 3.8) is 0 Å². The van der Waals surface area contributed by atoms with Gasteiger partial charge in [-0.3, -0.25) is 0 Å². The van der Waals surface area contributed by atoms with Gasteiger partial charge in [0.2, 0.25) is 0 Å². The largest absolute Gasteiger partial charge is 0.418 e. The Morgan fingerprint density at radius 3 is 2.33 bits per heavy atom. The molecule has 0 amide bonds. The molecule has 2 nitrogen and oxygen atoms in total. The van der Waals surface area contributed by atoms with Gasteiger partial charge in [0.05, 0.1) is 5.56 Å². The number of alkyl halides is 3. The van der Waals surface area contributed by atoms with Crippen LogP contribution in [0, 0.1) is 0 Å². The minimum absolute atomic E-state index is 0.125. The van der Waals surface area contributed by atoms with Crippen LogP contribution in [0.4, 0.5) is 18.9 Å². The highest BCUT2D eigenvalue weighted by Crippen LogP contribution is 2.34. The van der Waals surface area contributed by atoms with Crippen LogP contribution in [0.25, 0.3) is 0 Å². The van der Waals surface area contributed by atoms with Gasteiger partial charge in [-0.2, -0.15) is 13.2 Å². The summed E-state index contributed by atoms with van der Waals surface area (Å²) in [4.78, 5) is 0. The van der Waals surface area contributed by atoms with Crippen LogP contribution in [0.15, 0.2) is 24.3 Å². The van der Waals surface area contributed by atoms with Gasteiger partial charge in [0.15, 0.2) is 0 Å². The Kier molecular flexibility index (Phi) is 4.62. The fourth-order valence-electron chi connectivity index (χ4n) is 1.65. The fraction of sp³-hybridized carbons (Fsp3) is 0.538. The van der Waals surface area contributed by atoms with E-state index in [4.69, 9.17) is 5.73 Å². The van der Waals surface area contributed by atoms with Crippen LogP contribution in [0.2, 0.25) is 0 Å². The first-order valence-corrected chi connectivity index (χ1v) is 5.89. The van der Waals surface area contributed by atoms with Crippen molar-refractivity contribution in [2.45, 2.75) is 38.4 Å². The van der Waals surface area contributed by atoms with Crippen LogP contribution in [0.3, 0.4) is 0 Å². The number of rotatable bonds is 5. The monoisotopic (exact) mass is 260 g/mol. The molecule has 0 radical (unpaired) electrons. The van der Waals surface area contributed by atoms with Gasteiger partial charge in [-0.05, 0) is 38.8 Å². The van der Waals surface area contributed by atoms with E-state index in [1.165, 1.54) is 12.1 Å². The molecule has 102 valence electrons. The number of hydrogen-bond donors (Lipinski definition) is 2. The van der Waals surface area contributed by atoms with E-state index >= 15 is 0 Å². The fourth-order valence-corrected chi connectivity index (χ4v) is 1.65. The lowest BCUT2D eigenvalue weighted by atomic mass is 10.0. The molecule has 0 fully saturated rings. The first-order chi connectivity index (χ1) is 8.20. The van der Waals surface area contributed by atoms with Crippen molar-refractivity contribution >= 4 is 5.69 Å². The summed E-state index contributed by atoms with van der Waals surface area (Å²) >= 11 is 0. The molecule has 0 saturated heterocycles. The summed E-state index contributed by atoms with van der Waals surface area (Å²) in [5, 5.41) is 2.82. The highest BCUT2D eigenvalue weighted by atomic mass is 19.4. The van der Waals surface area contributed by atoms with Crippen LogP contribution in [-0.2, 0) is 6.18 Å². The quantitative estimate of drug-likeness (QED) is 0.793. The molecule has 0 aliphatic carbocycles.